The van der Waals surface area contributed by atoms with E-state index in [0.29, 0.717) is 13.2 Å². The highest BCUT2D eigenvalue weighted by Crippen LogP contribution is 2.40. The van der Waals surface area contributed by atoms with Crippen LogP contribution in [-0.2, 0) is 27.4 Å². The van der Waals surface area contributed by atoms with E-state index in [-0.39, 0.29) is 30.1 Å². The summed E-state index contributed by atoms with van der Waals surface area (Å²) in [5.74, 6) is 0. The first-order valence-corrected chi connectivity index (χ1v) is 11.3. The van der Waals surface area contributed by atoms with E-state index in [1.807, 2.05) is 79.7 Å². The van der Waals surface area contributed by atoms with Crippen molar-refractivity contribution in [2.75, 3.05) is 14.1 Å². The second kappa shape index (κ2) is 10.3. The summed E-state index contributed by atoms with van der Waals surface area (Å²) in [6.45, 7) is 0.882. The van der Waals surface area contributed by atoms with Crippen LogP contribution in [0.25, 0.3) is 0 Å². The van der Waals surface area contributed by atoms with Crippen molar-refractivity contribution in [3.63, 3.8) is 0 Å². The number of aliphatic imine (C=N–C) groups is 1. The number of nitrogens with zero attached hydrogens (tertiary/aromatic N) is 3. The molecule has 0 amide bonds. The molecule has 0 radical (unpaired) electrons. The predicted molar refractivity (Wildman–Crippen MR) is 121 cm³/mol. The molecule has 1 saturated heterocycles. The first-order chi connectivity index (χ1) is 15.2. The molecule has 162 valence electrons. The number of fused-ring (bicyclic) bond motifs is 1. The summed E-state index contributed by atoms with van der Waals surface area (Å²) in [6.07, 6.45) is -0.840. The van der Waals surface area contributed by atoms with Gasteiger partial charge in [0.25, 0.3) is 0 Å². The molecular weight excluding hydrogens is 410 g/mol. The van der Waals surface area contributed by atoms with Crippen molar-refractivity contribution in [3.05, 3.63) is 71.8 Å². The molecule has 5 atom stereocenters. The van der Waals surface area contributed by atoms with E-state index >= 15 is 0 Å². The molecule has 0 bridgehead atoms. The van der Waals surface area contributed by atoms with E-state index in [9.17, 15) is 5.26 Å². The Hall–Kier alpha value is -2.37. The van der Waals surface area contributed by atoms with Crippen molar-refractivity contribution in [2.24, 2.45) is 4.99 Å². The van der Waals surface area contributed by atoms with Crippen LogP contribution in [0.4, 0.5) is 0 Å². The largest absolute Gasteiger partial charge is 0.368 e. The summed E-state index contributed by atoms with van der Waals surface area (Å²) in [5.41, 5.74) is 1.97. The van der Waals surface area contributed by atoms with Gasteiger partial charge in [0.15, 0.2) is 5.17 Å². The average Bonchev–Trinajstić information content (AvgIpc) is 3.22. The molecule has 7 heteroatoms. The molecule has 0 N–H and O–H groups in total. The fourth-order valence-electron chi connectivity index (χ4n) is 3.79. The van der Waals surface area contributed by atoms with E-state index in [4.69, 9.17) is 19.2 Å². The van der Waals surface area contributed by atoms with Crippen LogP contribution in [0.2, 0.25) is 0 Å². The molecule has 0 saturated carbocycles. The molecule has 0 aliphatic carbocycles. The lowest BCUT2D eigenvalue weighted by atomic mass is 9.95. The number of amidine groups is 1. The fraction of sp³-hybridized carbons (Fsp3) is 0.417. The van der Waals surface area contributed by atoms with Crippen LogP contribution in [0.3, 0.4) is 0 Å². The maximum Gasteiger partial charge on any atom is 0.161 e. The van der Waals surface area contributed by atoms with Crippen LogP contribution in [-0.4, -0.2) is 54.0 Å². The van der Waals surface area contributed by atoms with E-state index in [1.54, 1.807) is 11.8 Å². The maximum atomic E-state index is 9.43. The highest BCUT2D eigenvalue weighted by Gasteiger charge is 2.51. The first kappa shape index (κ1) is 21.8. The molecule has 2 aliphatic heterocycles. The van der Waals surface area contributed by atoms with Crippen molar-refractivity contribution >= 4 is 16.9 Å². The van der Waals surface area contributed by atoms with Gasteiger partial charge in [0.1, 0.15) is 29.8 Å². The summed E-state index contributed by atoms with van der Waals surface area (Å²) in [4.78, 5) is 6.88. The standard InChI is InChI=1S/C24H27N3O3S/c1-27(2)24-26-20-22(29-16-18-11-7-4-8-12-18)21(19(13-14-25)30-23(20)31-24)28-15-17-9-5-3-6-10-17/h3-12,19-23H,13,15-16H2,1-2H3. The van der Waals surface area contributed by atoms with Crippen LogP contribution < -0.4 is 0 Å². The van der Waals surface area contributed by atoms with Gasteiger partial charge in [-0.05, 0) is 11.1 Å². The van der Waals surface area contributed by atoms with Gasteiger partial charge in [-0.3, -0.25) is 4.99 Å². The van der Waals surface area contributed by atoms with Crippen LogP contribution in [0, 0.1) is 11.3 Å². The van der Waals surface area contributed by atoms with Crippen LogP contribution >= 0.6 is 11.8 Å². The minimum Gasteiger partial charge on any atom is -0.368 e. The predicted octanol–water partition coefficient (Wildman–Crippen LogP) is 3.83. The van der Waals surface area contributed by atoms with Gasteiger partial charge in [0.2, 0.25) is 0 Å². The summed E-state index contributed by atoms with van der Waals surface area (Å²) < 4.78 is 19.1. The van der Waals surface area contributed by atoms with Gasteiger partial charge < -0.3 is 19.1 Å². The van der Waals surface area contributed by atoms with E-state index in [1.165, 1.54) is 0 Å². The molecule has 4 rings (SSSR count). The SMILES string of the molecule is CN(C)C1=NC2C(OC(CC#N)C(OCc3ccccc3)C2OCc2ccccc2)S1. The highest BCUT2D eigenvalue weighted by atomic mass is 32.2. The van der Waals surface area contributed by atoms with Gasteiger partial charge >= 0.3 is 0 Å². The quantitative estimate of drug-likeness (QED) is 0.656. The van der Waals surface area contributed by atoms with Crippen molar-refractivity contribution < 1.29 is 14.2 Å². The third kappa shape index (κ3) is 5.28. The van der Waals surface area contributed by atoms with E-state index in [0.717, 1.165) is 16.3 Å². The van der Waals surface area contributed by atoms with Crippen LogP contribution in [0.1, 0.15) is 17.5 Å². The van der Waals surface area contributed by atoms with Gasteiger partial charge in [0.05, 0.1) is 25.7 Å². The number of rotatable bonds is 7. The Morgan fingerprint density at radius 1 is 0.968 bits per heavy atom. The molecular formula is C24H27N3O3S. The molecule has 0 spiro atoms. The molecule has 2 aromatic carbocycles. The molecule has 31 heavy (non-hydrogen) atoms. The number of benzene rings is 2. The number of thioether (sulfide) groups is 1. The molecule has 5 unspecified atom stereocenters. The van der Waals surface area contributed by atoms with Gasteiger partial charge in [-0.1, -0.05) is 72.4 Å². The number of nitriles is 1. The summed E-state index contributed by atoms with van der Waals surface area (Å²) in [6, 6.07) is 22.2. The Labute approximate surface area is 187 Å². The minimum absolute atomic E-state index is 0.187. The number of ether oxygens (including phenoxy) is 3. The lowest BCUT2D eigenvalue weighted by molar-refractivity contribution is -0.196. The Morgan fingerprint density at radius 2 is 1.55 bits per heavy atom. The summed E-state index contributed by atoms with van der Waals surface area (Å²) in [5, 5.41) is 10.3. The lowest BCUT2D eigenvalue weighted by Gasteiger charge is -2.42. The third-order valence-electron chi connectivity index (χ3n) is 5.34. The minimum atomic E-state index is -0.393. The van der Waals surface area contributed by atoms with Gasteiger partial charge in [0, 0.05) is 14.1 Å². The lowest BCUT2D eigenvalue weighted by Crippen LogP contribution is -2.56. The summed E-state index contributed by atoms with van der Waals surface area (Å²) >= 11 is 1.58. The Morgan fingerprint density at radius 3 is 2.10 bits per heavy atom. The Bertz CT molecular complexity index is 917. The van der Waals surface area contributed by atoms with Crippen LogP contribution in [0.5, 0.6) is 0 Å². The summed E-state index contributed by atoms with van der Waals surface area (Å²) in [7, 11) is 3.94. The van der Waals surface area contributed by atoms with Crippen molar-refractivity contribution in [2.45, 2.75) is 49.4 Å². The smallest absolute Gasteiger partial charge is 0.161 e. The van der Waals surface area contributed by atoms with E-state index < -0.39 is 6.10 Å². The molecule has 2 heterocycles. The second-order valence-electron chi connectivity index (χ2n) is 7.84. The zero-order valence-corrected chi connectivity index (χ0v) is 18.6. The Balaban J connectivity index is 1.58. The maximum absolute atomic E-state index is 9.43. The topological polar surface area (TPSA) is 67.1 Å². The second-order valence-corrected chi connectivity index (χ2v) is 8.91. The van der Waals surface area contributed by atoms with Crippen molar-refractivity contribution in [3.8, 4) is 6.07 Å². The molecule has 6 nitrogen and oxygen atoms in total. The monoisotopic (exact) mass is 437 g/mol. The average molecular weight is 438 g/mol. The molecule has 1 fully saturated rings. The van der Waals surface area contributed by atoms with Crippen molar-refractivity contribution in [1.29, 1.82) is 5.26 Å². The van der Waals surface area contributed by atoms with Gasteiger partial charge in [-0.15, -0.1) is 0 Å². The van der Waals surface area contributed by atoms with Gasteiger partial charge in [-0.2, -0.15) is 5.26 Å². The zero-order valence-electron chi connectivity index (χ0n) is 17.8. The molecule has 2 aliphatic rings. The number of hydrogen-bond donors (Lipinski definition) is 0. The normalized spacial score (nSPS) is 27.3. The highest BCUT2D eigenvalue weighted by molar-refractivity contribution is 8.14. The van der Waals surface area contributed by atoms with Gasteiger partial charge in [-0.25, -0.2) is 0 Å². The van der Waals surface area contributed by atoms with Crippen molar-refractivity contribution in [1.82, 2.24) is 4.90 Å². The molecule has 2 aromatic rings. The number of hydrogen-bond acceptors (Lipinski definition) is 7. The third-order valence-corrected chi connectivity index (χ3v) is 6.64. The van der Waals surface area contributed by atoms with Crippen LogP contribution in [0.15, 0.2) is 65.7 Å². The first-order valence-electron chi connectivity index (χ1n) is 10.4. The Kier molecular flexibility index (Phi) is 7.25. The fourth-order valence-corrected chi connectivity index (χ4v) is 4.94. The molecule has 0 aromatic heterocycles. The van der Waals surface area contributed by atoms with E-state index in [2.05, 4.69) is 6.07 Å². The zero-order chi connectivity index (χ0) is 21.6.